The van der Waals surface area contributed by atoms with Gasteiger partial charge < -0.3 is 5.73 Å². The summed E-state index contributed by atoms with van der Waals surface area (Å²) in [6, 6.07) is 9.96. The summed E-state index contributed by atoms with van der Waals surface area (Å²) in [6.45, 7) is 6.16. The summed E-state index contributed by atoms with van der Waals surface area (Å²) < 4.78 is 0. The predicted molar refractivity (Wildman–Crippen MR) is 80.7 cm³/mol. The summed E-state index contributed by atoms with van der Waals surface area (Å²) in [7, 11) is 0. The first-order valence-corrected chi connectivity index (χ1v) is 7.24. The van der Waals surface area contributed by atoms with Gasteiger partial charge in [-0.25, -0.2) is 0 Å². The van der Waals surface area contributed by atoms with Gasteiger partial charge in [0.05, 0.1) is 6.54 Å². The van der Waals surface area contributed by atoms with Gasteiger partial charge in [-0.3, -0.25) is 4.90 Å². The number of nitrogens with two attached hydrogens (primary N) is 1. The van der Waals surface area contributed by atoms with E-state index in [1.807, 2.05) is 0 Å². The van der Waals surface area contributed by atoms with Crippen LogP contribution in [-0.4, -0.2) is 23.5 Å². The van der Waals surface area contributed by atoms with Gasteiger partial charge in [0.25, 0.3) is 0 Å². The van der Waals surface area contributed by atoms with Crippen molar-refractivity contribution in [2.24, 2.45) is 5.73 Å². The molecule has 1 heterocycles. The molecule has 2 heteroatoms. The molecule has 2 N–H and O–H groups in total. The van der Waals surface area contributed by atoms with Crippen LogP contribution in [0.3, 0.4) is 0 Å². The van der Waals surface area contributed by atoms with Gasteiger partial charge in [-0.2, -0.15) is 0 Å². The van der Waals surface area contributed by atoms with Gasteiger partial charge in [-0.15, -0.1) is 0 Å². The van der Waals surface area contributed by atoms with Gasteiger partial charge in [0, 0.05) is 24.2 Å². The third-order valence-electron chi connectivity index (χ3n) is 4.03. The van der Waals surface area contributed by atoms with Crippen molar-refractivity contribution in [2.75, 3.05) is 6.54 Å². The first-order chi connectivity index (χ1) is 9.20. The maximum Gasteiger partial charge on any atom is 0.0555 e. The van der Waals surface area contributed by atoms with Crippen molar-refractivity contribution in [2.45, 2.75) is 51.7 Å². The van der Waals surface area contributed by atoms with Crippen LogP contribution < -0.4 is 5.73 Å². The molecule has 1 aromatic carbocycles. The molecule has 1 saturated heterocycles. The third kappa shape index (κ3) is 3.83. The summed E-state index contributed by atoms with van der Waals surface area (Å²) in [5.41, 5.74) is 7.80. The molecule has 2 rings (SSSR count). The minimum Gasteiger partial charge on any atom is -0.320 e. The van der Waals surface area contributed by atoms with Crippen molar-refractivity contribution >= 4 is 0 Å². The second kappa shape index (κ2) is 6.75. The van der Waals surface area contributed by atoms with Gasteiger partial charge >= 0.3 is 0 Å². The molecule has 1 fully saturated rings. The minimum atomic E-state index is 0.421. The maximum atomic E-state index is 5.38. The zero-order valence-corrected chi connectivity index (χ0v) is 12.0. The van der Waals surface area contributed by atoms with Gasteiger partial charge in [-0.05, 0) is 44.4 Å². The molecule has 2 nitrogen and oxygen atoms in total. The molecular weight excluding hydrogens is 232 g/mol. The fourth-order valence-corrected chi connectivity index (χ4v) is 2.84. The van der Waals surface area contributed by atoms with Gasteiger partial charge in [-0.1, -0.05) is 30.4 Å². The Morgan fingerprint density at radius 2 is 1.79 bits per heavy atom. The lowest BCUT2D eigenvalue weighted by Gasteiger charge is -2.39. The quantitative estimate of drug-likeness (QED) is 0.824. The fourth-order valence-electron chi connectivity index (χ4n) is 2.84. The molecule has 1 aliphatic heterocycles. The van der Waals surface area contributed by atoms with Crippen molar-refractivity contribution in [1.29, 1.82) is 0 Å². The summed E-state index contributed by atoms with van der Waals surface area (Å²) >= 11 is 0. The average Bonchev–Trinajstić information content (AvgIpc) is 2.42. The molecule has 0 saturated carbocycles. The number of nitrogens with zero attached hydrogens (tertiary/aromatic N) is 1. The Hall–Kier alpha value is -1.30. The van der Waals surface area contributed by atoms with E-state index in [-0.39, 0.29) is 0 Å². The molecule has 0 bridgehead atoms. The van der Waals surface area contributed by atoms with Crippen molar-refractivity contribution < 1.29 is 0 Å². The molecule has 0 unspecified atom stereocenters. The van der Waals surface area contributed by atoms with Crippen LogP contribution in [0.2, 0.25) is 0 Å². The number of piperidine rings is 1. The molecule has 1 aromatic rings. The van der Waals surface area contributed by atoms with Crippen molar-refractivity contribution in [3.05, 3.63) is 35.4 Å². The van der Waals surface area contributed by atoms with Gasteiger partial charge in [0.1, 0.15) is 0 Å². The number of benzene rings is 1. The molecule has 1 aliphatic rings. The molecule has 0 amide bonds. The molecule has 19 heavy (non-hydrogen) atoms. The molecule has 2 atom stereocenters. The smallest absolute Gasteiger partial charge is 0.0555 e. The van der Waals surface area contributed by atoms with E-state index in [1.165, 1.54) is 24.8 Å². The Morgan fingerprint density at radius 3 is 2.37 bits per heavy atom. The Morgan fingerprint density at radius 1 is 1.16 bits per heavy atom. The standard InChI is InChI=1S/C17H24N2/c1-14-5-3-6-15(2)19(14)13-17-10-8-16(9-11-17)7-4-12-18/h8-11,14-15H,3,5-6,12-13,18H2,1-2H3/t14-,15+. The highest BCUT2D eigenvalue weighted by Gasteiger charge is 2.24. The molecular formula is C17H24N2. The van der Waals surface area contributed by atoms with Crippen LogP contribution >= 0.6 is 0 Å². The summed E-state index contributed by atoms with van der Waals surface area (Å²) in [5.74, 6) is 5.95. The Labute approximate surface area is 117 Å². The first kappa shape index (κ1) is 14.1. The molecule has 0 aliphatic carbocycles. The SMILES string of the molecule is C[C@@H]1CCC[C@H](C)N1Cc1ccc(C#CCN)cc1. The van der Waals surface area contributed by atoms with E-state index >= 15 is 0 Å². The normalized spacial score (nSPS) is 23.7. The van der Waals surface area contributed by atoms with E-state index in [2.05, 4.69) is 54.9 Å². The van der Waals surface area contributed by atoms with Crippen LogP contribution in [0.4, 0.5) is 0 Å². The monoisotopic (exact) mass is 256 g/mol. The second-order valence-electron chi connectivity index (χ2n) is 5.50. The first-order valence-electron chi connectivity index (χ1n) is 7.24. The number of hydrogen-bond acceptors (Lipinski definition) is 2. The molecule has 0 radical (unpaired) electrons. The van der Waals surface area contributed by atoms with Crippen molar-refractivity contribution in [1.82, 2.24) is 4.90 Å². The summed E-state index contributed by atoms with van der Waals surface area (Å²) in [5, 5.41) is 0. The molecule has 0 aromatic heterocycles. The lowest BCUT2D eigenvalue weighted by molar-refractivity contribution is 0.0953. The van der Waals surface area contributed by atoms with E-state index in [9.17, 15) is 0 Å². The van der Waals surface area contributed by atoms with Crippen molar-refractivity contribution in [3.63, 3.8) is 0 Å². The maximum absolute atomic E-state index is 5.38. The van der Waals surface area contributed by atoms with Crippen molar-refractivity contribution in [3.8, 4) is 11.8 Å². The molecule has 0 spiro atoms. The number of likely N-dealkylation sites (tertiary alicyclic amines) is 1. The topological polar surface area (TPSA) is 29.3 Å². The second-order valence-corrected chi connectivity index (χ2v) is 5.50. The highest BCUT2D eigenvalue weighted by molar-refractivity contribution is 5.36. The number of rotatable bonds is 2. The van der Waals surface area contributed by atoms with Crippen LogP contribution in [0, 0.1) is 11.8 Å². The third-order valence-corrected chi connectivity index (χ3v) is 4.03. The van der Waals surface area contributed by atoms with E-state index in [0.29, 0.717) is 18.6 Å². The van der Waals surface area contributed by atoms with E-state index in [1.54, 1.807) is 0 Å². The van der Waals surface area contributed by atoms with Crippen LogP contribution in [0.25, 0.3) is 0 Å². The van der Waals surface area contributed by atoms with E-state index < -0.39 is 0 Å². The average molecular weight is 256 g/mol. The Bertz CT molecular complexity index is 442. The van der Waals surface area contributed by atoms with Crippen LogP contribution in [0.1, 0.15) is 44.2 Å². The van der Waals surface area contributed by atoms with Gasteiger partial charge in [0.15, 0.2) is 0 Å². The van der Waals surface area contributed by atoms with Crippen LogP contribution in [-0.2, 0) is 6.54 Å². The minimum absolute atomic E-state index is 0.421. The Kier molecular flexibility index (Phi) is 5.01. The summed E-state index contributed by atoms with van der Waals surface area (Å²) in [4.78, 5) is 2.62. The predicted octanol–water partition coefficient (Wildman–Crippen LogP) is 2.76. The highest BCUT2D eigenvalue weighted by atomic mass is 15.2. The van der Waals surface area contributed by atoms with Crippen LogP contribution in [0.15, 0.2) is 24.3 Å². The zero-order valence-electron chi connectivity index (χ0n) is 12.0. The van der Waals surface area contributed by atoms with Gasteiger partial charge in [0.2, 0.25) is 0 Å². The van der Waals surface area contributed by atoms with E-state index in [0.717, 1.165) is 12.1 Å². The largest absolute Gasteiger partial charge is 0.320 e. The van der Waals surface area contributed by atoms with Crippen LogP contribution in [0.5, 0.6) is 0 Å². The summed E-state index contributed by atoms with van der Waals surface area (Å²) in [6.07, 6.45) is 4.02. The van der Waals surface area contributed by atoms with E-state index in [4.69, 9.17) is 5.73 Å². The fraction of sp³-hybridized carbons (Fsp3) is 0.529. The Balaban J connectivity index is 2.02. The molecule has 102 valence electrons. The lowest BCUT2D eigenvalue weighted by Crippen LogP contribution is -2.42. The highest BCUT2D eigenvalue weighted by Crippen LogP contribution is 2.24. The number of hydrogen-bond donors (Lipinski definition) is 1. The zero-order chi connectivity index (χ0) is 13.7. The lowest BCUT2D eigenvalue weighted by atomic mass is 9.96.